The Hall–Kier alpha value is -0.240. The van der Waals surface area contributed by atoms with E-state index in [2.05, 4.69) is 0 Å². The summed E-state index contributed by atoms with van der Waals surface area (Å²) in [5, 5.41) is 0. The second-order valence-corrected chi connectivity index (χ2v) is 6.59. The van der Waals surface area contributed by atoms with Crippen molar-refractivity contribution in [3.05, 3.63) is 0 Å². The molecule has 0 bridgehead atoms. The van der Waals surface area contributed by atoms with Gasteiger partial charge in [0.05, 0.1) is 13.2 Å². The summed E-state index contributed by atoms with van der Waals surface area (Å²) in [7, 11) is 0. The minimum atomic E-state index is -0.619. The Bertz CT molecular complexity index is 402. The van der Waals surface area contributed by atoms with E-state index in [-0.39, 0.29) is 24.6 Å². The third-order valence-electron chi connectivity index (χ3n) is 4.15. The molecule has 0 amide bonds. The Kier molecular flexibility index (Phi) is 2.30. The number of epoxide rings is 1. The van der Waals surface area contributed by atoms with E-state index in [9.17, 15) is 0 Å². The van der Waals surface area contributed by atoms with Crippen molar-refractivity contribution in [2.75, 3.05) is 13.2 Å². The Morgan fingerprint density at radius 1 is 0.842 bits per heavy atom. The van der Waals surface area contributed by atoms with E-state index in [1.54, 1.807) is 0 Å². The van der Waals surface area contributed by atoms with Gasteiger partial charge in [-0.3, -0.25) is 0 Å². The highest BCUT2D eigenvalue weighted by molar-refractivity contribution is 5.16. The van der Waals surface area contributed by atoms with Crippen LogP contribution in [0.1, 0.15) is 27.7 Å². The van der Waals surface area contributed by atoms with E-state index in [1.807, 2.05) is 27.7 Å². The van der Waals surface area contributed by atoms with Crippen LogP contribution in [0.5, 0.6) is 0 Å². The van der Waals surface area contributed by atoms with E-state index in [4.69, 9.17) is 28.4 Å². The normalized spacial score (nSPS) is 53.7. The molecule has 5 atom stereocenters. The number of rotatable bonds is 1. The summed E-state index contributed by atoms with van der Waals surface area (Å²) in [4.78, 5) is 0. The van der Waals surface area contributed by atoms with Crippen molar-refractivity contribution in [3.8, 4) is 0 Å². The fourth-order valence-corrected chi connectivity index (χ4v) is 3.26. The van der Waals surface area contributed by atoms with Crippen LogP contribution in [-0.4, -0.2) is 55.0 Å². The molecule has 6 nitrogen and oxygen atoms in total. The summed E-state index contributed by atoms with van der Waals surface area (Å²) in [5.41, 5.74) is -0.424. The van der Waals surface area contributed by atoms with Gasteiger partial charge in [-0.1, -0.05) is 0 Å². The molecule has 0 aromatic heterocycles. The summed E-state index contributed by atoms with van der Waals surface area (Å²) < 4.78 is 34.9. The van der Waals surface area contributed by atoms with Crippen molar-refractivity contribution in [3.63, 3.8) is 0 Å². The Balaban J connectivity index is 1.55. The second-order valence-electron chi connectivity index (χ2n) is 6.59. The largest absolute Gasteiger partial charge is 0.364 e. The highest BCUT2D eigenvalue weighted by Gasteiger charge is 2.73. The van der Waals surface area contributed by atoms with E-state index < -0.39 is 17.2 Å². The molecule has 0 aliphatic carbocycles. The summed E-state index contributed by atoms with van der Waals surface area (Å²) >= 11 is 0. The maximum absolute atomic E-state index is 6.00. The first-order chi connectivity index (χ1) is 8.81. The Labute approximate surface area is 112 Å². The van der Waals surface area contributed by atoms with E-state index >= 15 is 0 Å². The van der Waals surface area contributed by atoms with Crippen LogP contribution < -0.4 is 0 Å². The van der Waals surface area contributed by atoms with Gasteiger partial charge >= 0.3 is 0 Å². The molecule has 0 aromatic carbocycles. The van der Waals surface area contributed by atoms with Crippen LogP contribution in [0, 0.1) is 0 Å². The maximum Gasteiger partial charge on any atom is 0.190 e. The van der Waals surface area contributed by atoms with Crippen LogP contribution in [0.3, 0.4) is 0 Å². The molecule has 4 fully saturated rings. The number of hydrogen-bond donors (Lipinski definition) is 0. The average molecular weight is 272 g/mol. The second kappa shape index (κ2) is 3.50. The van der Waals surface area contributed by atoms with Crippen LogP contribution in [0.25, 0.3) is 0 Å². The first-order valence-corrected chi connectivity index (χ1v) is 6.78. The molecule has 4 rings (SSSR count). The minimum absolute atomic E-state index is 0.140. The van der Waals surface area contributed by atoms with Crippen LogP contribution in [-0.2, 0) is 28.4 Å². The molecular formula is C13H20O6. The van der Waals surface area contributed by atoms with Gasteiger partial charge in [-0.25, -0.2) is 0 Å². The highest BCUT2D eigenvalue weighted by atomic mass is 16.9. The third kappa shape index (κ3) is 1.78. The molecule has 19 heavy (non-hydrogen) atoms. The van der Waals surface area contributed by atoms with Crippen LogP contribution >= 0.6 is 0 Å². The predicted molar refractivity (Wildman–Crippen MR) is 62.3 cm³/mol. The molecule has 1 spiro atoms. The topological polar surface area (TPSA) is 58.7 Å². The predicted octanol–water partition coefficient (Wildman–Crippen LogP) is 0.783. The Morgan fingerprint density at radius 2 is 1.58 bits per heavy atom. The fraction of sp³-hybridized carbons (Fsp3) is 1.00. The molecule has 0 radical (unpaired) electrons. The average Bonchev–Trinajstić information content (AvgIpc) is 2.82. The molecular weight excluding hydrogens is 252 g/mol. The van der Waals surface area contributed by atoms with Gasteiger partial charge in [-0.2, -0.15) is 0 Å². The summed E-state index contributed by atoms with van der Waals surface area (Å²) in [5.74, 6) is -1.19. The van der Waals surface area contributed by atoms with Crippen molar-refractivity contribution in [1.82, 2.24) is 0 Å². The van der Waals surface area contributed by atoms with Crippen LogP contribution in [0.15, 0.2) is 0 Å². The van der Waals surface area contributed by atoms with Crippen molar-refractivity contribution in [1.29, 1.82) is 0 Å². The summed E-state index contributed by atoms with van der Waals surface area (Å²) in [6.07, 6.45) is -0.895. The molecule has 108 valence electrons. The zero-order valence-corrected chi connectivity index (χ0v) is 11.7. The monoisotopic (exact) mass is 272 g/mol. The van der Waals surface area contributed by atoms with Crippen molar-refractivity contribution >= 4 is 0 Å². The lowest BCUT2D eigenvalue weighted by molar-refractivity contribution is -0.228. The zero-order chi connectivity index (χ0) is 13.5. The van der Waals surface area contributed by atoms with Gasteiger partial charge in [0.15, 0.2) is 23.5 Å². The van der Waals surface area contributed by atoms with E-state index in [1.165, 1.54) is 0 Å². The van der Waals surface area contributed by atoms with Gasteiger partial charge in [0.1, 0.15) is 18.3 Å². The third-order valence-corrected chi connectivity index (χ3v) is 4.15. The number of ether oxygens (including phenoxy) is 6. The lowest BCUT2D eigenvalue weighted by Crippen LogP contribution is -2.45. The van der Waals surface area contributed by atoms with Gasteiger partial charge < -0.3 is 28.4 Å². The smallest absolute Gasteiger partial charge is 0.190 e. The van der Waals surface area contributed by atoms with Crippen molar-refractivity contribution < 1.29 is 28.4 Å². The van der Waals surface area contributed by atoms with Gasteiger partial charge in [0.25, 0.3) is 0 Å². The van der Waals surface area contributed by atoms with Crippen molar-refractivity contribution in [2.24, 2.45) is 0 Å². The molecule has 0 aromatic rings. The number of fused-ring (bicyclic) bond motifs is 2. The molecule has 4 aliphatic rings. The fourth-order valence-electron chi connectivity index (χ4n) is 3.26. The van der Waals surface area contributed by atoms with Gasteiger partial charge in [0.2, 0.25) is 0 Å². The molecule has 4 heterocycles. The first-order valence-electron chi connectivity index (χ1n) is 6.78. The van der Waals surface area contributed by atoms with Crippen molar-refractivity contribution in [2.45, 2.75) is 69.5 Å². The van der Waals surface area contributed by atoms with Gasteiger partial charge in [-0.05, 0) is 27.7 Å². The minimum Gasteiger partial charge on any atom is -0.364 e. The lowest BCUT2D eigenvalue weighted by Gasteiger charge is -2.27. The quantitative estimate of drug-likeness (QED) is 0.658. The van der Waals surface area contributed by atoms with E-state index in [0.29, 0.717) is 13.2 Å². The summed E-state index contributed by atoms with van der Waals surface area (Å²) in [6, 6.07) is 0. The van der Waals surface area contributed by atoms with Gasteiger partial charge in [0, 0.05) is 0 Å². The zero-order valence-electron chi connectivity index (χ0n) is 11.7. The number of hydrogen-bond acceptors (Lipinski definition) is 6. The molecule has 6 heteroatoms. The van der Waals surface area contributed by atoms with Gasteiger partial charge in [-0.15, -0.1) is 0 Å². The van der Waals surface area contributed by atoms with E-state index in [0.717, 1.165) is 0 Å². The lowest BCUT2D eigenvalue weighted by atomic mass is 9.95. The highest BCUT2D eigenvalue weighted by Crippen LogP contribution is 2.53. The Morgan fingerprint density at radius 3 is 2.16 bits per heavy atom. The SMILES string of the molecule is CC1(C)OCC([C@@H]2O[C@@H]3OC(C)(C)O[C@@H]3[C@]23CO3)O1. The molecule has 4 aliphatic heterocycles. The molecule has 0 N–H and O–H groups in total. The van der Waals surface area contributed by atoms with Crippen LogP contribution in [0.4, 0.5) is 0 Å². The first kappa shape index (κ1) is 12.5. The van der Waals surface area contributed by atoms with Crippen LogP contribution in [0.2, 0.25) is 0 Å². The molecule has 1 unspecified atom stereocenters. The molecule has 4 saturated heterocycles. The summed E-state index contributed by atoms with van der Waals surface area (Å²) in [6.45, 7) is 8.71. The standard InChI is InChI=1S/C13H20O6/c1-11(2)14-5-7(17-11)8-13(6-15-13)9-10(16-8)19-12(3,4)18-9/h7-10H,5-6H2,1-4H3/t7?,8-,9-,10+,13-/m0/s1. The maximum atomic E-state index is 6.00. The molecule has 0 saturated carbocycles.